The number of hydrogen-bond donors (Lipinski definition) is 3. The van der Waals surface area contributed by atoms with Crippen LogP contribution in [0.2, 0.25) is 0 Å². The van der Waals surface area contributed by atoms with Crippen LogP contribution in [-0.4, -0.2) is 102 Å². The highest BCUT2D eigenvalue weighted by Gasteiger charge is 2.56. The molecular formula is C30H35F3N6O7S. The number of alkyl halides is 3. The van der Waals surface area contributed by atoms with Crippen molar-refractivity contribution in [3.05, 3.63) is 59.9 Å². The zero-order valence-corrected chi connectivity index (χ0v) is 26.7. The normalized spacial score (nSPS) is 19.1. The van der Waals surface area contributed by atoms with Crippen LogP contribution >= 0.6 is 0 Å². The molecule has 0 saturated carbocycles. The number of carbonyl (C=O) groups excluding carboxylic acids is 3. The largest absolute Gasteiger partial charge is 0.465 e. The molecule has 2 aliphatic heterocycles. The second-order valence-corrected chi connectivity index (χ2v) is 14.1. The molecule has 2 unspecified atom stereocenters. The number of hydrogen-bond acceptors (Lipinski definition) is 8. The first-order valence-corrected chi connectivity index (χ1v) is 16.5. The molecule has 1 aromatic carbocycles. The maximum absolute atomic E-state index is 14.2. The van der Waals surface area contributed by atoms with Gasteiger partial charge in [-0.25, -0.2) is 18.2 Å². The van der Waals surface area contributed by atoms with Gasteiger partial charge in [-0.3, -0.25) is 19.4 Å². The molecule has 4 amide bonds. The number of rotatable bonds is 11. The van der Waals surface area contributed by atoms with Crippen LogP contribution < -0.4 is 10.6 Å². The van der Waals surface area contributed by atoms with Crippen molar-refractivity contribution in [3.8, 4) is 0 Å². The molecule has 0 radical (unpaired) electrons. The third-order valence-electron chi connectivity index (χ3n) is 8.03. The van der Waals surface area contributed by atoms with Crippen LogP contribution in [0, 0.1) is 5.41 Å². The molecule has 47 heavy (non-hydrogen) atoms. The van der Waals surface area contributed by atoms with Crippen molar-refractivity contribution < 1.29 is 45.9 Å². The summed E-state index contributed by atoms with van der Waals surface area (Å²) in [6.45, 7) is 0.552. The van der Waals surface area contributed by atoms with Gasteiger partial charge in [-0.1, -0.05) is 24.3 Å². The summed E-state index contributed by atoms with van der Waals surface area (Å²) < 4.78 is 64.9. The first-order chi connectivity index (χ1) is 21.8. The van der Waals surface area contributed by atoms with Gasteiger partial charge in [0.15, 0.2) is 9.84 Å². The number of carboxylic acid groups (broad SMARTS) is 1. The summed E-state index contributed by atoms with van der Waals surface area (Å²) in [5, 5.41) is 18.2. The van der Waals surface area contributed by atoms with E-state index < -0.39 is 63.4 Å². The minimum atomic E-state index is -4.73. The van der Waals surface area contributed by atoms with E-state index in [2.05, 4.69) is 20.7 Å². The fraction of sp³-hybridized carbons (Fsp3) is 0.467. The predicted molar refractivity (Wildman–Crippen MR) is 162 cm³/mol. The topological polar surface area (TPSA) is 178 Å². The van der Waals surface area contributed by atoms with Crippen molar-refractivity contribution in [2.24, 2.45) is 10.5 Å². The Labute approximate surface area is 269 Å². The van der Waals surface area contributed by atoms with Crippen LogP contribution in [-0.2, 0) is 37.1 Å². The molecule has 13 nitrogen and oxygen atoms in total. The molecule has 0 spiro atoms. The van der Waals surface area contributed by atoms with Gasteiger partial charge >= 0.3 is 12.3 Å². The SMILES string of the molecule is CC(C)(NC(=O)O)C(=O)NC(CCc1ccccc1S(C)(=O)=O)C(=O)N1CCC2=NN(CC(F)(F)F)C(=O)C2(Cc2ccccn2)C1. The monoisotopic (exact) mass is 680 g/mol. The first kappa shape index (κ1) is 35.3. The Kier molecular flexibility index (Phi) is 9.99. The van der Waals surface area contributed by atoms with Crippen molar-refractivity contribution in [2.75, 3.05) is 25.9 Å². The van der Waals surface area contributed by atoms with Crippen LogP contribution in [0.15, 0.2) is 58.7 Å². The predicted octanol–water partition coefficient (Wildman–Crippen LogP) is 2.17. The number of benzene rings is 1. The standard InChI is InChI=1S/C30H35F3N6O7S/c1-28(2,36-27(43)44)25(41)35-21(12-11-19-8-4-5-10-22(19)47(3,45)46)24(40)38-15-13-23-29(17-38,16-20-9-6-7-14-34-20)26(42)39(37-23)18-30(31,32)33/h4-10,14,21,36H,11-13,15-18H2,1-3H3,(H,35,41)(H,43,44). The number of fused-ring (bicyclic) bond motifs is 1. The lowest BCUT2D eigenvalue weighted by atomic mass is 9.74. The summed E-state index contributed by atoms with van der Waals surface area (Å²) >= 11 is 0. The number of likely N-dealkylation sites (tertiary alicyclic amines) is 1. The average Bonchev–Trinajstić information content (AvgIpc) is 3.22. The Morgan fingerprint density at radius 2 is 1.79 bits per heavy atom. The second-order valence-electron chi connectivity index (χ2n) is 12.1. The van der Waals surface area contributed by atoms with Crippen LogP contribution in [0.5, 0.6) is 0 Å². The summed E-state index contributed by atoms with van der Waals surface area (Å²) in [6.07, 6.45) is -4.02. The van der Waals surface area contributed by atoms with Gasteiger partial charge < -0.3 is 20.6 Å². The van der Waals surface area contributed by atoms with Gasteiger partial charge in [0.2, 0.25) is 11.8 Å². The van der Waals surface area contributed by atoms with Gasteiger partial charge in [0.1, 0.15) is 23.5 Å². The molecular weight excluding hydrogens is 645 g/mol. The molecule has 1 aromatic heterocycles. The van der Waals surface area contributed by atoms with E-state index in [9.17, 15) is 45.9 Å². The molecule has 17 heteroatoms. The highest BCUT2D eigenvalue weighted by Crippen LogP contribution is 2.39. The number of piperidine rings is 1. The molecule has 2 aliphatic rings. The fourth-order valence-electron chi connectivity index (χ4n) is 5.77. The third kappa shape index (κ3) is 8.25. The van der Waals surface area contributed by atoms with E-state index in [1.807, 2.05) is 0 Å². The average molecular weight is 681 g/mol. The van der Waals surface area contributed by atoms with E-state index in [4.69, 9.17) is 0 Å². The lowest BCUT2D eigenvalue weighted by Crippen LogP contribution is -2.62. The van der Waals surface area contributed by atoms with E-state index in [1.165, 1.54) is 31.0 Å². The fourth-order valence-corrected chi connectivity index (χ4v) is 6.75. The summed E-state index contributed by atoms with van der Waals surface area (Å²) in [7, 11) is -3.65. The number of halogens is 3. The Balaban J connectivity index is 1.67. The number of carbonyl (C=O) groups is 4. The van der Waals surface area contributed by atoms with E-state index in [-0.39, 0.29) is 49.4 Å². The molecule has 4 rings (SSSR count). The maximum Gasteiger partial charge on any atom is 0.408 e. The second kappa shape index (κ2) is 13.3. The number of hydrazone groups is 1. The number of sulfone groups is 1. The van der Waals surface area contributed by atoms with Crippen molar-refractivity contribution in [1.29, 1.82) is 0 Å². The summed E-state index contributed by atoms with van der Waals surface area (Å²) in [5.41, 5.74) is -2.40. The van der Waals surface area contributed by atoms with Crippen LogP contribution in [0.1, 0.15) is 37.9 Å². The quantitative estimate of drug-likeness (QED) is 0.323. The Morgan fingerprint density at radius 3 is 2.40 bits per heavy atom. The summed E-state index contributed by atoms with van der Waals surface area (Å²) in [4.78, 5) is 58.0. The number of amides is 4. The molecule has 0 bridgehead atoms. The van der Waals surface area contributed by atoms with E-state index in [0.29, 0.717) is 16.3 Å². The van der Waals surface area contributed by atoms with E-state index in [0.717, 1.165) is 6.26 Å². The number of nitrogens with one attached hydrogen (secondary N) is 2. The Bertz CT molecular complexity index is 1680. The molecule has 3 heterocycles. The van der Waals surface area contributed by atoms with E-state index in [1.54, 1.807) is 36.4 Å². The third-order valence-corrected chi connectivity index (χ3v) is 9.23. The molecule has 0 aliphatic carbocycles. The van der Waals surface area contributed by atoms with Crippen LogP contribution in [0.3, 0.4) is 0 Å². The molecule has 2 aromatic rings. The van der Waals surface area contributed by atoms with Crippen molar-refractivity contribution in [1.82, 2.24) is 25.5 Å². The van der Waals surface area contributed by atoms with Crippen molar-refractivity contribution in [3.63, 3.8) is 0 Å². The van der Waals surface area contributed by atoms with Crippen molar-refractivity contribution in [2.45, 2.75) is 62.2 Å². The number of aryl methyl sites for hydroxylation is 1. The van der Waals surface area contributed by atoms with Gasteiger partial charge in [0.05, 0.1) is 10.6 Å². The minimum absolute atomic E-state index is 0.00460. The molecule has 3 N–H and O–H groups in total. The van der Waals surface area contributed by atoms with Gasteiger partial charge in [0.25, 0.3) is 5.91 Å². The maximum atomic E-state index is 14.2. The summed E-state index contributed by atoms with van der Waals surface area (Å²) in [5.74, 6) is -2.49. The van der Waals surface area contributed by atoms with Crippen molar-refractivity contribution >= 4 is 39.4 Å². The highest BCUT2D eigenvalue weighted by atomic mass is 32.2. The molecule has 2 atom stereocenters. The zero-order valence-electron chi connectivity index (χ0n) is 25.9. The minimum Gasteiger partial charge on any atom is -0.465 e. The Hall–Kier alpha value is -4.54. The van der Waals surface area contributed by atoms with Gasteiger partial charge in [-0.05, 0) is 50.5 Å². The zero-order chi connectivity index (χ0) is 34.8. The summed E-state index contributed by atoms with van der Waals surface area (Å²) in [6, 6.07) is 9.68. The van der Waals surface area contributed by atoms with Gasteiger partial charge in [0, 0.05) is 44.1 Å². The number of nitrogens with zero attached hydrogens (tertiary/aromatic N) is 4. The van der Waals surface area contributed by atoms with Gasteiger partial charge in [-0.15, -0.1) is 0 Å². The lowest BCUT2D eigenvalue weighted by molar-refractivity contribution is -0.164. The Morgan fingerprint density at radius 1 is 1.11 bits per heavy atom. The lowest BCUT2D eigenvalue weighted by Gasteiger charge is -2.41. The van der Waals surface area contributed by atoms with Crippen LogP contribution in [0.25, 0.3) is 0 Å². The number of pyridine rings is 1. The number of aromatic nitrogens is 1. The van der Waals surface area contributed by atoms with Gasteiger partial charge in [-0.2, -0.15) is 18.3 Å². The molecule has 1 fully saturated rings. The van der Waals surface area contributed by atoms with E-state index >= 15 is 0 Å². The molecule has 1 saturated heterocycles. The first-order valence-electron chi connectivity index (χ1n) is 14.6. The smallest absolute Gasteiger partial charge is 0.408 e. The molecule has 254 valence electrons. The highest BCUT2D eigenvalue weighted by molar-refractivity contribution is 7.90. The van der Waals surface area contributed by atoms with Crippen LogP contribution in [0.4, 0.5) is 18.0 Å².